The van der Waals surface area contributed by atoms with Crippen molar-refractivity contribution in [3.8, 4) is 0 Å². The molecule has 0 aliphatic heterocycles. The van der Waals surface area contributed by atoms with Gasteiger partial charge < -0.3 is 14.9 Å². The lowest BCUT2D eigenvalue weighted by molar-refractivity contribution is -0.296. The number of hydrogen-bond donors (Lipinski definition) is 2. The van der Waals surface area contributed by atoms with E-state index in [0.717, 1.165) is 0 Å². The molecule has 0 radical (unpaired) electrons. The predicted octanol–water partition coefficient (Wildman–Crippen LogP) is 1.49. The zero-order valence-electron chi connectivity index (χ0n) is 10.4. The van der Waals surface area contributed by atoms with Gasteiger partial charge in [0.1, 0.15) is 0 Å². The van der Waals surface area contributed by atoms with E-state index in [9.17, 15) is 10.2 Å². The number of methoxy groups -OCH3 is 1. The molecule has 0 saturated heterocycles. The molecule has 1 saturated carbocycles. The van der Waals surface area contributed by atoms with Crippen molar-refractivity contribution in [3.05, 3.63) is 0 Å². The van der Waals surface area contributed by atoms with Crippen molar-refractivity contribution in [2.75, 3.05) is 13.7 Å². The molecule has 1 rings (SSSR count). The van der Waals surface area contributed by atoms with Crippen LogP contribution in [0.5, 0.6) is 0 Å². The van der Waals surface area contributed by atoms with Gasteiger partial charge in [0.15, 0.2) is 5.79 Å². The number of aliphatic hydroxyl groups excluding tert-OH is 1. The van der Waals surface area contributed by atoms with Crippen LogP contribution in [0.4, 0.5) is 0 Å². The van der Waals surface area contributed by atoms with Gasteiger partial charge in [-0.25, -0.2) is 0 Å². The summed E-state index contributed by atoms with van der Waals surface area (Å²) in [4.78, 5) is 0. The average Bonchev–Trinajstić information content (AvgIpc) is 2.16. The summed E-state index contributed by atoms with van der Waals surface area (Å²) in [5.41, 5.74) is 0. The van der Waals surface area contributed by atoms with Gasteiger partial charge in [-0.15, -0.1) is 0 Å². The molecule has 0 heterocycles. The molecule has 0 spiro atoms. The van der Waals surface area contributed by atoms with Crippen molar-refractivity contribution in [2.45, 2.75) is 33.5 Å². The second kappa shape index (κ2) is 4.40. The Balaban J connectivity index is 2.75. The van der Waals surface area contributed by atoms with Crippen LogP contribution in [-0.2, 0) is 4.74 Å². The van der Waals surface area contributed by atoms with Gasteiger partial charge >= 0.3 is 0 Å². The summed E-state index contributed by atoms with van der Waals surface area (Å²) in [6.07, 6.45) is 0. The highest BCUT2D eigenvalue weighted by Crippen LogP contribution is 2.53. The van der Waals surface area contributed by atoms with Crippen molar-refractivity contribution in [3.63, 3.8) is 0 Å². The first-order valence-corrected chi connectivity index (χ1v) is 5.77. The molecule has 0 bridgehead atoms. The summed E-state index contributed by atoms with van der Waals surface area (Å²) < 4.78 is 5.07. The van der Waals surface area contributed by atoms with Gasteiger partial charge in [-0.3, -0.25) is 0 Å². The summed E-state index contributed by atoms with van der Waals surface area (Å²) in [7, 11) is 1.46. The first-order valence-electron chi connectivity index (χ1n) is 5.77. The SMILES string of the molecule is CO[C@](O)(CO)C1C(C)[C@H](C(C)C)[C@@H]1C. The first-order chi connectivity index (χ1) is 6.89. The molecule has 1 aliphatic rings. The lowest BCUT2D eigenvalue weighted by Crippen LogP contribution is -2.60. The smallest absolute Gasteiger partial charge is 0.192 e. The van der Waals surface area contributed by atoms with Crippen molar-refractivity contribution in [1.29, 1.82) is 0 Å². The van der Waals surface area contributed by atoms with E-state index in [-0.39, 0.29) is 12.5 Å². The maximum atomic E-state index is 10.1. The Morgan fingerprint density at radius 1 is 1.27 bits per heavy atom. The Bertz CT molecular complexity index is 201. The van der Waals surface area contributed by atoms with E-state index in [1.165, 1.54) is 7.11 Å². The molecule has 2 unspecified atom stereocenters. The van der Waals surface area contributed by atoms with Gasteiger partial charge in [0.25, 0.3) is 0 Å². The Morgan fingerprint density at radius 3 is 2.00 bits per heavy atom. The summed E-state index contributed by atoms with van der Waals surface area (Å²) in [5, 5.41) is 19.3. The predicted molar refractivity (Wildman–Crippen MR) is 59.2 cm³/mol. The number of ether oxygens (including phenoxy) is 1. The molecular formula is C12H24O3. The fraction of sp³-hybridized carbons (Fsp3) is 1.00. The molecule has 90 valence electrons. The van der Waals surface area contributed by atoms with Crippen LogP contribution in [0.25, 0.3) is 0 Å². The minimum atomic E-state index is -1.36. The Hall–Kier alpha value is -0.120. The molecule has 0 aromatic heterocycles. The van der Waals surface area contributed by atoms with Crippen molar-refractivity contribution in [2.24, 2.45) is 29.6 Å². The van der Waals surface area contributed by atoms with Crippen LogP contribution in [0.2, 0.25) is 0 Å². The van der Waals surface area contributed by atoms with Crippen LogP contribution in [0, 0.1) is 29.6 Å². The Labute approximate surface area is 92.4 Å². The lowest BCUT2D eigenvalue weighted by Gasteiger charge is -2.56. The maximum absolute atomic E-state index is 10.1. The first kappa shape index (κ1) is 12.9. The van der Waals surface area contributed by atoms with E-state index in [2.05, 4.69) is 27.7 Å². The third-order valence-electron chi connectivity index (χ3n) is 4.22. The summed E-state index contributed by atoms with van der Waals surface area (Å²) in [6.45, 7) is 8.36. The quantitative estimate of drug-likeness (QED) is 0.700. The van der Waals surface area contributed by atoms with E-state index in [1.54, 1.807) is 0 Å². The van der Waals surface area contributed by atoms with Crippen molar-refractivity contribution < 1.29 is 14.9 Å². The standard InChI is InChI=1S/C12H24O3/c1-7(2)10-8(3)11(9(10)4)12(14,6-13)15-5/h7-11,13-14H,6H2,1-5H3/t8-,9?,10+,11?,12+/m0/s1. The van der Waals surface area contributed by atoms with Crippen LogP contribution in [0.15, 0.2) is 0 Å². The van der Waals surface area contributed by atoms with Gasteiger partial charge in [-0.1, -0.05) is 27.7 Å². The minimum Gasteiger partial charge on any atom is -0.391 e. The van der Waals surface area contributed by atoms with Crippen LogP contribution in [-0.4, -0.2) is 29.7 Å². The van der Waals surface area contributed by atoms with Gasteiger partial charge in [0.05, 0.1) is 6.61 Å². The van der Waals surface area contributed by atoms with Crippen LogP contribution in [0.1, 0.15) is 27.7 Å². The van der Waals surface area contributed by atoms with Crippen LogP contribution in [0.3, 0.4) is 0 Å². The highest BCUT2D eigenvalue weighted by molar-refractivity contribution is 5.00. The maximum Gasteiger partial charge on any atom is 0.192 e. The second-order valence-electron chi connectivity index (χ2n) is 5.27. The van der Waals surface area contributed by atoms with E-state index in [0.29, 0.717) is 23.7 Å². The van der Waals surface area contributed by atoms with Crippen molar-refractivity contribution in [1.82, 2.24) is 0 Å². The molecule has 0 aromatic carbocycles. The summed E-state index contributed by atoms with van der Waals surface area (Å²) in [5.74, 6) is 0.716. The van der Waals surface area contributed by atoms with Gasteiger partial charge in [0.2, 0.25) is 0 Å². The molecule has 1 fully saturated rings. The molecule has 15 heavy (non-hydrogen) atoms. The molecule has 0 aromatic rings. The molecule has 3 nitrogen and oxygen atoms in total. The van der Waals surface area contributed by atoms with Gasteiger partial charge in [-0.2, -0.15) is 0 Å². The molecule has 0 amide bonds. The number of hydrogen-bond acceptors (Lipinski definition) is 3. The third-order valence-corrected chi connectivity index (χ3v) is 4.22. The Morgan fingerprint density at radius 2 is 1.73 bits per heavy atom. The molecule has 1 aliphatic carbocycles. The summed E-state index contributed by atoms with van der Waals surface area (Å²) >= 11 is 0. The lowest BCUT2D eigenvalue weighted by atomic mass is 9.52. The number of aliphatic hydroxyl groups is 2. The molecular weight excluding hydrogens is 192 g/mol. The zero-order chi connectivity index (χ0) is 11.8. The molecule has 5 atom stereocenters. The molecule has 3 heteroatoms. The average molecular weight is 216 g/mol. The normalized spacial score (nSPS) is 40.0. The summed E-state index contributed by atoms with van der Waals surface area (Å²) in [6, 6.07) is 0. The van der Waals surface area contributed by atoms with E-state index < -0.39 is 5.79 Å². The largest absolute Gasteiger partial charge is 0.391 e. The van der Waals surface area contributed by atoms with E-state index in [1.807, 2.05) is 0 Å². The highest BCUT2D eigenvalue weighted by atomic mass is 16.6. The third kappa shape index (κ3) is 1.93. The van der Waals surface area contributed by atoms with Gasteiger partial charge in [-0.05, 0) is 23.7 Å². The number of rotatable bonds is 4. The van der Waals surface area contributed by atoms with E-state index >= 15 is 0 Å². The van der Waals surface area contributed by atoms with E-state index in [4.69, 9.17) is 4.74 Å². The Kier molecular flexibility index (Phi) is 3.80. The minimum absolute atomic E-state index is 0.0416. The highest BCUT2D eigenvalue weighted by Gasteiger charge is 2.55. The zero-order valence-corrected chi connectivity index (χ0v) is 10.4. The fourth-order valence-electron chi connectivity index (χ4n) is 3.63. The van der Waals surface area contributed by atoms with Gasteiger partial charge in [0, 0.05) is 13.0 Å². The van der Waals surface area contributed by atoms with Crippen molar-refractivity contribution >= 4 is 0 Å². The second-order valence-corrected chi connectivity index (χ2v) is 5.27. The molecule has 2 N–H and O–H groups in total. The fourth-order valence-corrected chi connectivity index (χ4v) is 3.63. The van der Waals surface area contributed by atoms with Crippen LogP contribution < -0.4 is 0 Å². The van der Waals surface area contributed by atoms with Crippen LogP contribution >= 0.6 is 0 Å². The topological polar surface area (TPSA) is 49.7 Å². The monoisotopic (exact) mass is 216 g/mol.